The Hall–Kier alpha value is -2.64. The molecule has 1 atom stereocenters. The molecule has 0 radical (unpaired) electrons. The van der Waals surface area contributed by atoms with E-state index >= 15 is 0 Å². The van der Waals surface area contributed by atoms with Crippen molar-refractivity contribution in [2.24, 2.45) is 0 Å². The van der Waals surface area contributed by atoms with Crippen LogP contribution in [0.15, 0.2) is 18.2 Å². The lowest BCUT2D eigenvalue weighted by molar-refractivity contribution is -0.384. The van der Waals surface area contributed by atoms with E-state index in [0.717, 1.165) is 0 Å². The summed E-state index contributed by atoms with van der Waals surface area (Å²) >= 11 is 0. The minimum Gasteiger partial charge on any atom is -0.480 e. The molecule has 8 heteroatoms. The molecule has 1 rings (SSSR count). The molecule has 0 aromatic heterocycles. The summed E-state index contributed by atoms with van der Waals surface area (Å²) in [7, 11) is 3.12. The van der Waals surface area contributed by atoms with E-state index < -0.39 is 16.9 Å². The highest BCUT2D eigenvalue weighted by Crippen LogP contribution is 2.27. The van der Waals surface area contributed by atoms with Crippen LogP contribution in [0, 0.1) is 10.1 Å². The average Bonchev–Trinajstić information content (AvgIpc) is 2.42. The molecule has 0 saturated heterocycles. The third-order valence-electron chi connectivity index (χ3n) is 2.88. The Morgan fingerprint density at radius 3 is 2.48 bits per heavy atom. The highest BCUT2D eigenvalue weighted by molar-refractivity contribution is 5.95. The number of anilines is 1. The maximum atomic E-state index is 11.9. The molecule has 1 unspecified atom stereocenters. The van der Waals surface area contributed by atoms with Gasteiger partial charge in [0.1, 0.15) is 11.7 Å². The number of nitro groups is 1. The SMILES string of the molecule is CCC(Nc1cc(C(=O)N(C)C)ccc1[N+](=O)[O-])C(=O)O. The number of hydrogen-bond donors (Lipinski definition) is 2. The van der Waals surface area contributed by atoms with Gasteiger partial charge in [-0.05, 0) is 18.6 Å². The monoisotopic (exact) mass is 295 g/mol. The van der Waals surface area contributed by atoms with Gasteiger partial charge in [-0.25, -0.2) is 4.79 Å². The topological polar surface area (TPSA) is 113 Å². The van der Waals surface area contributed by atoms with Crippen molar-refractivity contribution in [3.63, 3.8) is 0 Å². The van der Waals surface area contributed by atoms with Crippen molar-refractivity contribution in [2.45, 2.75) is 19.4 Å². The number of benzene rings is 1. The Bertz CT molecular complexity index is 571. The fourth-order valence-corrected chi connectivity index (χ4v) is 1.73. The molecule has 2 N–H and O–H groups in total. The van der Waals surface area contributed by atoms with E-state index in [1.54, 1.807) is 21.0 Å². The quantitative estimate of drug-likeness (QED) is 0.608. The second-order valence-corrected chi connectivity index (χ2v) is 4.63. The number of carboxylic acid groups (broad SMARTS) is 1. The number of hydrogen-bond acceptors (Lipinski definition) is 5. The molecule has 0 bridgehead atoms. The zero-order chi connectivity index (χ0) is 16.2. The van der Waals surface area contributed by atoms with Crippen LogP contribution >= 0.6 is 0 Å². The lowest BCUT2D eigenvalue weighted by Crippen LogP contribution is -2.29. The summed E-state index contributed by atoms with van der Waals surface area (Å²) in [5.74, 6) is -1.44. The van der Waals surface area contributed by atoms with Crippen molar-refractivity contribution < 1.29 is 19.6 Å². The first-order valence-corrected chi connectivity index (χ1v) is 6.27. The number of nitrogens with one attached hydrogen (secondary N) is 1. The van der Waals surface area contributed by atoms with Crippen LogP contribution in [-0.4, -0.2) is 46.9 Å². The second-order valence-electron chi connectivity index (χ2n) is 4.63. The largest absolute Gasteiger partial charge is 0.480 e. The van der Waals surface area contributed by atoms with E-state index in [4.69, 9.17) is 5.11 Å². The van der Waals surface area contributed by atoms with Gasteiger partial charge in [-0.1, -0.05) is 6.92 Å². The molecule has 1 aromatic rings. The first-order chi connectivity index (χ1) is 9.77. The molecule has 0 spiro atoms. The Balaban J connectivity index is 3.24. The fourth-order valence-electron chi connectivity index (χ4n) is 1.73. The zero-order valence-electron chi connectivity index (χ0n) is 12.0. The van der Waals surface area contributed by atoms with Crippen LogP contribution in [0.25, 0.3) is 0 Å². The van der Waals surface area contributed by atoms with E-state index in [9.17, 15) is 19.7 Å². The van der Waals surface area contributed by atoms with Gasteiger partial charge in [0.2, 0.25) is 0 Å². The predicted molar refractivity (Wildman–Crippen MR) is 76.5 cm³/mol. The highest BCUT2D eigenvalue weighted by Gasteiger charge is 2.22. The molecular weight excluding hydrogens is 278 g/mol. The fraction of sp³-hybridized carbons (Fsp3) is 0.385. The van der Waals surface area contributed by atoms with Crippen LogP contribution in [0.5, 0.6) is 0 Å². The standard InChI is InChI=1S/C13H17N3O5/c1-4-9(13(18)19)14-10-7-8(12(17)15(2)3)5-6-11(10)16(20)21/h5-7,9,14H,4H2,1-3H3,(H,18,19). The van der Waals surface area contributed by atoms with Gasteiger partial charge >= 0.3 is 5.97 Å². The summed E-state index contributed by atoms with van der Waals surface area (Å²) in [5, 5.41) is 22.6. The van der Waals surface area contributed by atoms with Crippen LogP contribution in [-0.2, 0) is 4.79 Å². The van der Waals surface area contributed by atoms with Crippen molar-refractivity contribution in [1.82, 2.24) is 4.90 Å². The molecule has 0 heterocycles. The highest BCUT2D eigenvalue weighted by atomic mass is 16.6. The van der Waals surface area contributed by atoms with E-state index in [-0.39, 0.29) is 29.3 Å². The Kier molecular flexibility index (Phi) is 5.23. The molecular formula is C13H17N3O5. The first-order valence-electron chi connectivity index (χ1n) is 6.27. The van der Waals surface area contributed by atoms with Crippen molar-refractivity contribution in [2.75, 3.05) is 19.4 Å². The molecule has 1 aromatic carbocycles. The summed E-state index contributed by atoms with van der Waals surface area (Å²) in [6, 6.07) is 2.86. The third kappa shape index (κ3) is 3.91. The molecule has 21 heavy (non-hydrogen) atoms. The van der Waals surface area contributed by atoms with Crippen LogP contribution in [0.1, 0.15) is 23.7 Å². The Morgan fingerprint density at radius 1 is 1.43 bits per heavy atom. The first kappa shape index (κ1) is 16.4. The molecule has 1 amide bonds. The molecule has 0 saturated carbocycles. The maximum Gasteiger partial charge on any atom is 0.326 e. The third-order valence-corrected chi connectivity index (χ3v) is 2.88. The minimum absolute atomic E-state index is 0.0157. The molecule has 0 fully saturated rings. The Morgan fingerprint density at radius 2 is 2.05 bits per heavy atom. The number of amides is 1. The summed E-state index contributed by atoms with van der Waals surface area (Å²) in [6.07, 6.45) is 0.248. The van der Waals surface area contributed by atoms with Gasteiger partial charge in [0, 0.05) is 25.7 Å². The number of carboxylic acids is 1. The Labute approximate surface area is 121 Å². The molecule has 8 nitrogen and oxygen atoms in total. The predicted octanol–water partition coefficient (Wildman–Crippen LogP) is 1.57. The molecule has 0 aliphatic carbocycles. The minimum atomic E-state index is -1.11. The van der Waals surface area contributed by atoms with Crippen molar-refractivity contribution >= 4 is 23.3 Å². The molecule has 114 valence electrons. The van der Waals surface area contributed by atoms with Gasteiger partial charge in [-0.2, -0.15) is 0 Å². The van der Waals surface area contributed by atoms with Crippen molar-refractivity contribution in [1.29, 1.82) is 0 Å². The van der Waals surface area contributed by atoms with Gasteiger partial charge in [0.25, 0.3) is 11.6 Å². The average molecular weight is 295 g/mol. The van der Waals surface area contributed by atoms with Crippen LogP contribution in [0.4, 0.5) is 11.4 Å². The number of aliphatic carboxylic acids is 1. The van der Waals surface area contributed by atoms with Gasteiger partial charge in [-0.15, -0.1) is 0 Å². The van der Waals surface area contributed by atoms with E-state index in [2.05, 4.69) is 5.32 Å². The summed E-state index contributed by atoms with van der Waals surface area (Å²) in [5.41, 5.74) is -0.0136. The van der Waals surface area contributed by atoms with Gasteiger partial charge in [-0.3, -0.25) is 14.9 Å². The number of carbonyl (C=O) groups excluding carboxylic acids is 1. The summed E-state index contributed by atoms with van der Waals surface area (Å²) < 4.78 is 0. The summed E-state index contributed by atoms with van der Waals surface area (Å²) in [4.78, 5) is 34.6. The van der Waals surface area contributed by atoms with Gasteiger partial charge in [0.05, 0.1) is 4.92 Å². The van der Waals surface area contributed by atoms with Crippen LogP contribution in [0.3, 0.4) is 0 Å². The molecule has 0 aliphatic heterocycles. The van der Waals surface area contributed by atoms with Crippen molar-refractivity contribution in [3.05, 3.63) is 33.9 Å². The number of carbonyl (C=O) groups is 2. The number of nitrogens with zero attached hydrogens (tertiary/aromatic N) is 2. The second kappa shape index (κ2) is 6.69. The van der Waals surface area contributed by atoms with Crippen LogP contribution < -0.4 is 5.32 Å². The lowest BCUT2D eigenvalue weighted by atomic mass is 10.1. The summed E-state index contributed by atoms with van der Waals surface area (Å²) in [6.45, 7) is 1.65. The van der Waals surface area contributed by atoms with Gasteiger partial charge in [0.15, 0.2) is 0 Å². The van der Waals surface area contributed by atoms with E-state index in [1.807, 2.05) is 0 Å². The van der Waals surface area contributed by atoms with E-state index in [1.165, 1.54) is 23.1 Å². The van der Waals surface area contributed by atoms with E-state index in [0.29, 0.717) is 0 Å². The molecule has 0 aliphatic rings. The lowest BCUT2D eigenvalue weighted by Gasteiger charge is -2.15. The van der Waals surface area contributed by atoms with Gasteiger partial charge < -0.3 is 15.3 Å². The smallest absolute Gasteiger partial charge is 0.326 e. The van der Waals surface area contributed by atoms with Crippen LogP contribution in [0.2, 0.25) is 0 Å². The normalized spacial score (nSPS) is 11.6. The number of rotatable bonds is 6. The zero-order valence-corrected chi connectivity index (χ0v) is 12.0. The maximum absolute atomic E-state index is 11.9. The van der Waals surface area contributed by atoms with Crippen molar-refractivity contribution in [3.8, 4) is 0 Å². The number of nitro benzene ring substituents is 1.